The summed E-state index contributed by atoms with van der Waals surface area (Å²) in [6.45, 7) is -6.57. The second-order valence-corrected chi connectivity index (χ2v) is 8.48. The van der Waals surface area contributed by atoms with E-state index in [1.54, 1.807) is 0 Å². The van der Waals surface area contributed by atoms with Crippen molar-refractivity contribution in [2.75, 3.05) is 13.2 Å². The van der Waals surface area contributed by atoms with Crippen LogP contribution in [0.1, 0.15) is 6.42 Å². The number of ether oxygens (including phenoxy) is 2. The van der Waals surface area contributed by atoms with Crippen LogP contribution in [-0.4, -0.2) is 121 Å². The molecule has 0 fully saturated rings. The monoisotopic (exact) mass is 650 g/mol. The number of hydrogen-bond acceptors (Lipinski definition) is 6. The molecule has 0 aliphatic rings. The van der Waals surface area contributed by atoms with Gasteiger partial charge < -0.3 is 9.47 Å². The molecule has 0 amide bonds. The molecule has 0 saturated carbocycles. The first-order valence-corrected chi connectivity index (χ1v) is 10.1. The molecule has 0 radical (unpaired) electrons. The van der Waals surface area contributed by atoms with Gasteiger partial charge in [0.05, 0.1) is 6.42 Å². The first-order valence-electron chi connectivity index (χ1n) is 8.62. The summed E-state index contributed by atoms with van der Waals surface area (Å²) >= 11 is 0. The van der Waals surface area contributed by atoms with Gasteiger partial charge in [0, 0.05) is 0 Å². The molecule has 0 bridgehead atoms. The second-order valence-electron chi connectivity index (χ2n) is 6.88. The van der Waals surface area contributed by atoms with E-state index in [0.29, 0.717) is 0 Å². The molecule has 0 aromatic rings. The fraction of sp³-hybridized carbons (Fsp3) is 0.857. The van der Waals surface area contributed by atoms with Crippen LogP contribution < -0.4 is 0 Å². The van der Waals surface area contributed by atoms with Crippen LogP contribution in [0.3, 0.4) is 0 Å². The van der Waals surface area contributed by atoms with Crippen molar-refractivity contribution in [2.24, 2.45) is 0 Å². The summed E-state index contributed by atoms with van der Waals surface area (Å²) in [5.41, 5.74) is 0. The molecule has 25 heteroatoms. The second kappa shape index (κ2) is 12.7. The molecule has 0 heterocycles. The third-order valence-electron chi connectivity index (χ3n) is 4.09. The van der Waals surface area contributed by atoms with Crippen LogP contribution in [0.25, 0.3) is 0 Å². The number of hydrogen-bond donors (Lipinski definition) is 1. The third kappa shape index (κ3) is 8.38. The van der Waals surface area contributed by atoms with Gasteiger partial charge in [0.2, 0.25) is 0 Å². The fourth-order valence-corrected chi connectivity index (χ4v) is 2.55. The Morgan fingerprint density at radius 2 is 0.974 bits per heavy atom. The van der Waals surface area contributed by atoms with Crippen LogP contribution >= 0.6 is 0 Å². The van der Waals surface area contributed by atoms with Gasteiger partial charge in [0.15, 0.2) is 18.5 Å². The Bertz CT molecular complexity index is 972. The van der Waals surface area contributed by atoms with Gasteiger partial charge in [-0.2, -0.15) is 61.1 Å². The first kappa shape index (κ1) is 39.9. The Labute approximate surface area is 227 Å². The van der Waals surface area contributed by atoms with Gasteiger partial charge in [0.1, 0.15) is 0 Å². The zero-order valence-corrected chi connectivity index (χ0v) is 18.0. The quantitative estimate of drug-likeness (QED) is 0.133. The van der Waals surface area contributed by atoms with Crippen molar-refractivity contribution in [3.63, 3.8) is 0 Å². The van der Waals surface area contributed by atoms with E-state index in [2.05, 4.69) is 9.47 Å². The van der Waals surface area contributed by atoms with Crippen molar-refractivity contribution in [1.29, 1.82) is 0 Å². The Kier molecular flexibility index (Phi) is 13.0. The molecular weight excluding hydrogens is 639 g/mol. The van der Waals surface area contributed by atoms with E-state index in [-0.39, 0.29) is 29.6 Å². The Hall–Kier alpha value is -1.27. The van der Waals surface area contributed by atoms with Gasteiger partial charge in [0.25, 0.3) is 10.1 Å². The molecule has 0 aromatic heterocycles. The van der Waals surface area contributed by atoms with E-state index in [9.17, 15) is 88.3 Å². The maximum absolute atomic E-state index is 13.3. The number of alkyl halides is 16. The fourth-order valence-electron chi connectivity index (χ4n) is 1.89. The van der Waals surface area contributed by atoms with Crippen molar-refractivity contribution in [2.45, 2.75) is 60.1 Å². The first-order chi connectivity index (χ1) is 16.5. The van der Waals surface area contributed by atoms with Crippen molar-refractivity contribution >= 4 is 51.6 Å². The van der Waals surface area contributed by atoms with Gasteiger partial charge >= 0.3 is 89.9 Å². The van der Waals surface area contributed by atoms with Crippen LogP contribution in [0, 0.1) is 0 Å². The van der Waals surface area contributed by atoms with Crippen LogP contribution in [0.15, 0.2) is 0 Å². The average molecular weight is 650 g/mol. The topological polar surface area (TPSA) is 107 Å². The predicted molar refractivity (Wildman–Crippen MR) is 90.7 cm³/mol. The molecule has 0 saturated heterocycles. The number of carbonyl (C=O) groups is 2. The van der Waals surface area contributed by atoms with E-state index in [1.807, 2.05) is 0 Å². The minimum atomic E-state index is -6.99. The average Bonchev–Trinajstić information content (AvgIpc) is 2.72. The van der Waals surface area contributed by atoms with Crippen molar-refractivity contribution in [3.8, 4) is 0 Å². The molecule has 1 N–H and O–H groups in total. The summed E-state index contributed by atoms with van der Waals surface area (Å²) in [7, 11) is -6.15. The predicted octanol–water partition coefficient (Wildman–Crippen LogP) is 3.41. The normalized spacial score (nSPS) is 15.2. The summed E-state index contributed by atoms with van der Waals surface area (Å²) in [5, 5.41) is -3.66. The summed E-state index contributed by atoms with van der Waals surface area (Å²) in [6, 6.07) is 0. The minimum absolute atomic E-state index is 0. The maximum atomic E-state index is 13.3. The van der Waals surface area contributed by atoms with Crippen molar-refractivity contribution in [3.05, 3.63) is 0 Å². The van der Waals surface area contributed by atoms with Crippen molar-refractivity contribution < 1.29 is 102 Å². The van der Waals surface area contributed by atoms with Gasteiger partial charge in [-0.05, 0) is 0 Å². The number of esters is 2. The van der Waals surface area contributed by atoms with Crippen LogP contribution in [-0.2, 0) is 29.2 Å². The molecule has 0 rings (SSSR count). The van der Waals surface area contributed by atoms with E-state index < -0.39 is 95.3 Å². The summed E-state index contributed by atoms with van der Waals surface area (Å²) in [5.74, 6) is -45.8. The summed E-state index contributed by atoms with van der Waals surface area (Å²) in [6.07, 6.45) is -13.3. The molecule has 1 unspecified atom stereocenters. The van der Waals surface area contributed by atoms with E-state index >= 15 is 0 Å². The van der Waals surface area contributed by atoms with Gasteiger partial charge in [-0.3, -0.25) is 14.1 Å². The van der Waals surface area contributed by atoms with Gasteiger partial charge in [-0.1, -0.05) is 0 Å². The zero-order valence-electron chi connectivity index (χ0n) is 17.2. The Balaban J connectivity index is 0. The van der Waals surface area contributed by atoms with Crippen molar-refractivity contribution in [1.82, 2.24) is 0 Å². The number of carbonyl (C=O) groups excluding carboxylic acids is 2. The van der Waals surface area contributed by atoms with Gasteiger partial charge in [-0.25, -0.2) is 17.6 Å². The molecule has 228 valence electrons. The Morgan fingerprint density at radius 1 is 0.667 bits per heavy atom. The van der Waals surface area contributed by atoms with Gasteiger partial charge in [-0.15, -0.1) is 0 Å². The van der Waals surface area contributed by atoms with Crippen LogP contribution in [0.4, 0.5) is 70.2 Å². The SMILES string of the molecule is O=C(CC(C(=O)OCC(F)(F)C(F)(F)C(F)(F)C(F)F)S(=O)(=O)O)OCC(F)(F)C(F)(F)C(F)(F)C(F)F.[NaH]. The Morgan fingerprint density at radius 3 is 1.26 bits per heavy atom. The molecule has 0 spiro atoms. The molecule has 0 aliphatic carbocycles. The van der Waals surface area contributed by atoms with Crippen LogP contribution in [0.5, 0.6) is 0 Å². The van der Waals surface area contributed by atoms with E-state index in [1.165, 1.54) is 0 Å². The molecule has 39 heavy (non-hydrogen) atoms. The molecule has 0 aliphatic heterocycles. The number of halogens is 16. The van der Waals surface area contributed by atoms with Crippen LogP contribution in [0.2, 0.25) is 0 Å². The molecule has 1 atom stereocenters. The molecule has 7 nitrogen and oxygen atoms in total. The molecular formula is C14H11F16NaO7S. The third-order valence-corrected chi connectivity index (χ3v) is 5.17. The van der Waals surface area contributed by atoms with E-state index in [0.717, 1.165) is 0 Å². The number of rotatable bonds is 14. The summed E-state index contributed by atoms with van der Waals surface area (Å²) in [4.78, 5) is 22.9. The van der Waals surface area contributed by atoms with E-state index in [4.69, 9.17) is 4.55 Å². The summed E-state index contributed by atoms with van der Waals surface area (Å²) < 4.78 is 242. The zero-order chi connectivity index (χ0) is 30.9. The molecule has 0 aromatic carbocycles. The standard InChI is InChI=1S/C14H10F16O7S.Na.H/c15-7(16)11(23,24)13(27,28)9(19,20)2-36-5(31)1-4(38(33,34)35)6(32)37-3-10(21,22)14(29,30)12(25,26)8(17)18;;/h4,7-8H,1-3H2,(H,33,34,35);;.